The Morgan fingerprint density at radius 2 is 2.05 bits per heavy atom. The third kappa shape index (κ3) is 5.90. The van der Waals surface area contributed by atoms with Crippen molar-refractivity contribution in [2.24, 2.45) is 4.99 Å². The van der Waals surface area contributed by atoms with Crippen molar-refractivity contribution >= 4 is 57.0 Å². The molecule has 1 aromatic carbocycles. The first-order valence-electron chi connectivity index (χ1n) is 12.0. The van der Waals surface area contributed by atoms with E-state index >= 15 is 0 Å². The second kappa shape index (κ2) is 13.5. The number of nitrogens with zero attached hydrogens (tertiary/aromatic N) is 3. The lowest BCUT2D eigenvalue weighted by Crippen LogP contribution is -2.28. The van der Waals surface area contributed by atoms with Crippen LogP contribution in [0, 0.1) is 0 Å². The van der Waals surface area contributed by atoms with E-state index < -0.39 is 0 Å². The van der Waals surface area contributed by atoms with Gasteiger partial charge in [-0.15, -0.1) is 11.8 Å². The minimum atomic E-state index is -0.379. The summed E-state index contributed by atoms with van der Waals surface area (Å²) >= 11 is 5.29. The number of fused-ring (bicyclic) bond motifs is 3. The van der Waals surface area contributed by atoms with E-state index in [0.29, 0.717) is 36.2 Å². The number of nitrogens with one attached hydrogen (secondary N) is 1. The second-order valence-electron chi connectivity index (χ2n) is 8.29. The topological polar surface area (TPSA) is 68.1 Å². The molecule has 0 bridgehead atoms. The van der Waals surface area contributed by atoms with Gasteiger partial charge >= 0.3 is 5.97 Å². The fraction of sp³-hybridized carbons (Fsp3) is 0.241. The zero-order valence-electron chi connectivity index (χ0n) is 21.9. The van der Waals surface area contributed by atoms with Gasteiger partial charge in [0.1, 0.15) is 12.5 Å². The molecule has 0 fully saturated rings. The number of carbonyl (C=O) groups is 1. The maximum absolute atomic E-state index is 13.5. The Balaban J connectivity index is 2.23. The van der Waals surface area contributed by atoms with Crippen LogP contribution in [0.4, 0.5) is 0 Å². The lowest BCUT2D eigenvalue weighted by molar-refractivity contribution is 0.0527. The molecule has 0 saturated heterocycles. The molecule has 0 radical (unpaired) electrons. The smallest absolute Gasteiger partial charge is 0.340 e. The average molecular weight is 598 g/mol. The number of ether oxygens (including phenoxy) is 2. The monoisotopic (exact) mass is 596 g/mol. The molecule has 0 aliphatic carbocycles. The van der Waals surface area contributed by atoms with Crippen molar-refractivity contribution in [2.45, 2.75) is 19.2 Å². The number of hydrogen-bond donors (Lipinski definition) is 1. The molecule has 0 unspecified atom stereocenters. The summed E-state index contributed by atoms with van der Waals surface area (Å²) in [5.41, 5.74) is 5.23. The Bertz CT molecular complexity index is 1350. The molecule has 1 aliphatic rings. The summed E-state index contributed by atoms with van der Waals surface area (Å²) in [5.74, 6) is 1.38. The molecule has 0 saturated carbocycles. The third-order valence-corrected chi connectivity index (χ3v) is 7.32. The van der Waals surface area contributed by atoms with Crippen LogP contribution in [-0.2, 0) is 17.0 Å². The maximum atomic E-state index is 13.5. The fourth-order valence-electron chi connectivity index (χ4n) is 4.34. The number of thioether (sulfide) groups is 1. The van der Waals surface area contributed by atoms with Crippen molar-refractivity contribution < 1.29 is 14.3 Å². The molecule has 1 aliphatic heterocycles. The minimum Gasteiger partial charge on any atom is -0.477 e. The van der Waals surface area contributed by atoms with E-state index in [1.807, 2.05) is 23.8 Å². The zero-order chi connectivity index (χ0) is 27.8. The van der Waals surface area contributed by atoms with Crippen molar-refractivity contribution in [2.75, 3.05) is 26.3 Å². The van der Waals surface area contributed by atoms with Gasteiger partial charge < -0.3 is 19.4 Å². The first-order chi connectivity index (χ1) is 18.4. The number of rotatable bonds is 13. The molecule has 200 valence electrons. The fourth-order valence-corrected chi connectivity index (χ4v) is 5.73. The summed E-state index contributed by atoms with van der Waals surface area (Å²) in [5, 5.41) is 4.12. The summed E-state index contributed by atoms with van der Waals surface area (Å²) in [6.45, 7) is 22.3. The number of carbonyl (C=O) groups excluding carboxylic acids is 1. The summed E-state index contributed by atoms with van der Waals surface area (Å²) in [4.78, 5) is 19.6. The van der Waals surface area contributed by atoms with E-state index in [-0.39, 0.29) is 12.6 Å². The highest BCUT2D eigenvalue weighted by Gasteiger charge is 2.31. The van der Waals surface area contributed by atoms with Crippen LogP contribution in [0.25, 0.3) is 16.6 Å². The molecule has 2 heterocycles. The molecule has 0 atom stereocenters. The van der Waals surface area contributed by atoms with Crippen LogP contribution in [0.5, 0.6) is 5.75 Å². The van der Waals surface area contributed by atoms with Crippen molar-refractivity contribution in [3.63, 3.8) is 0 Å². The van der Waals surface area contributed by atoms with Crippen LogP contribution in [0.3, 0.4) is 0 Å². The van der Waals surface area contributed by atoms with Crippen molar-refractivity contribution in [3.8, 4) is 5.75 Å². The molecule has 1 aromatic heterocycles. The summed E-state index contributed by atoms with van der Waals surface area (Å²) < 4.78 is 14.5. The molecular formula is C29H33BrN4O3S. The quantitative estimate of drug-likeness (QED) is 0.0919. The SMILES string of the molecule is C=C/C=C(\C=C)n1c(CSCN/C(C=C)=C(/C=C)N=C)c(C(=O)OCC)c2c3c(c(Br)cc21)OCN(C)C3. The van der Waals surface area contributed by atoms with Crippen LogP contribution in [0.15, 0.2) is 83.6 Å². The van der Waals surface area contributed by atoms with Crippen LogP contribution in [-0.4, -0.2) is 48.4 Å². The van der Waals surface area contributed by atoms with Gasteiger partial charge in [0.05, 0.1) is 39.4 Å². The highest BCUT2D eigenvalue weighted by molar-refractivity contribution is 9.10. The van der Waals surface area contributed by atoms with Crippen molar-refractivity contribution in [1.29, 1.82) is 0 Å². The molecule has 2 aromatic rings. The summed E-state index contributed by atoms with van der Waals surface area (Å²) in [6.07, 6.45) is 8.62. The summed E-state index contributed by atoms with van der Waals surface area (Å²) in [6, 6.07) is 1.99. The Hall–Kier alpha value is -3.27. The van der Waals surface area contributed by atoms with Gasteiger partial charge in [0, 0.05) is 34.6 Å². The van der Waals surface area contributed by atoms with Crippen LogP contribution in [0.2, 0.25) is 0 Å². The van der Waals surface area contributed by atoms with E-state index in [9.17, 15) is 4.79 Å². The van der Waals surface area contributed by atoms with E-state index in [2.05, 4.69) is 64.2 Å². The second-order valence-corrected chi connectivity index (χ2v) is 10.1. The first kappa shape index (κ1) is 29.3. The molecular weight excluding hydrogens is 564 g/mol. The number of allylic oxidation sites excluding steroid dienone is 6. The predicted molar refractivity (Wildman–Crippen MR) is 163 cm³/mol. The van der Waals surface area contributed by atoms with E-state index in [1.165, 1.54) is 0 Å². The standard InChI is InChI=1S/C29H33BrN4O3S/c1-8-13-19(9-2)34-24-14-21(30)28-20(15-33(7)18-37-28)26(24)27(29(35)36-12-5)25(34)16-38-17-32-23(11-4)22(10-3)31-6/h8-11,13-14,32H,1-4,6,12,15-18H2,5,7H3/b19-13+,23-22-. The van der Waals surface area contributed by atoms with Crippen LogP contribution < -0.4 is 10.1 Å². The van der Waals surface area contributed by atoms with Crippen LogP contribution in [0.1, 0.15) is 28.5 Å². The molecule has 0 spiro atoms. The Morgan fingerprint density at radius 1 is 1.29 bits per heavy atom. The number of hydrogen-bond acceptors (Lipinski definition) is 7. The van der Waals surface area contributed by atoms with Gasteiger partial charge in [-0.05, 0) is 67.0 Å². The number of benzene rings is 1. The molecule has 1 N–H and O–H groups in total. The van der Waals surface area contributed by atoms with Gasteiger partial charge in [-0.2, -0.15) is 0 Å². The third-order valence-electron chi connectivity index (χ3n) is 5.90. The average Bonchev–Trinajstić information content (AvgIpc) is 3.23. The number of halogens is 1. The highest BCUT2D eigenvalue weighted by atomic mass is 79.9. The van der Waals surface area contributed by atoms with Gasteiger partial charge in [-0.25, -0.2) is 4.79 Å². The van der Waals surface area contributed by atoms with E-state index in [1.54, 1.807) is 43.0 Å². The van der Waals surface area contributed by atoms with Gasteiger partial charge in [0.2, 0.25) is 0 Å². The zero-order valence-corrected chi connectivity index (χ0v) is 24.3. The van der Waals surface area contributed by atoms with Crippen molar-refractivity contribution in [3.05, 3.63) is 95.4 Å². The molecule has 7 nitrogen and oxygen atoms in total. The number of esters is 1. The molecule has 9 heteroatoms. The lowest BCUT2D eigenvalue weighted by Gasteiger charge is -2.27. The molecule has 3 rings (SSSR count). The highest BCUT2D eigenvalue weighted by Crippen LogP contribution is 2.44. The molecule has 0 amide bonds. The van der Waals surface area contributed by atoms with Gasteiger partial charge in [-0.1, -0.05) is 32.4 Å². The normalized spacial score (nSPS) is 14.1. The Morgan fingerprint density at radius 3 is 2.66 bits per heavy atom. The maximum Gasteiger partial charge on any atom is 0.340 e. The lowest BCUT2D eigenvalue weighted by atomic mass is 10.0. The largest absolute Gasteiger partial charge is 0.477 e. The number of aromatic nitrogens is 1. The molecule has 38 heavy (non-hydrogen) atoms. The van der Waals surface area contributed by atoms with Gasteiger partial charge in [-0.3, -0.25) is 9.89 Å². The predicted octanol–water partition coefficient (Wildman–Crippen LogP) is 6.64. The van der Waals surface area contributed by atoms with Gasteiger partial charge in [0.25, 0.3) is 0 Å². The van der Waals surface area contributed by atoms with Gasteiger partial charge in [0.15, 0.2) is 0 Å². The summed E-state index contributed by atoms with van der Waals surface area (Å²) in [7, 11) is 1.98. The minimum absolute atomic E-state index is 0.262. The van der Waals surface area contributed by atoms with E-state index in [0.717, 1.165) is 43.8 Å². The Kier molecular flexibility index (Phi) is 10.4. The Labute approximate surface area is 237 Å². The number of aliphatic imine (C=N–C) groups is 1. The van der Waals surface area contributed by atoms with E-state index in [4.69, 9.17) is 9.47 Å². The van der Waals surface area contributed by atoms with Crippen LogP contribution >= 0.6 is 27.7 Å². The van der Waals surface area contributed by atoms with Crippen molar-refractivity contribution in [1.82, 2.24) is 14.8 Å². The first-order valence-corrected chi connectivity index (χ1v) is 13.9.